The first-order valence-electron chi connectivity index (χ1n) is 5.86. The number of rotatable bonds is 8. The molecule has 1 aromatic carbocycles. The summed E-state index contributed by atoms with van der Waals surface area (Å²) in [6, 6.07) is 4.90. The summed E-state index contributed by atoms with van der Waals surface area (Å²) in [5, 5.41) is 9.06. The molecule has 0 saturated heterocycles. The van der Waals surface area contributed by atoms with Gasteiger partial charge in [0.1, 0.15) is 6.04 Å². The SMILES string of the molecule is COCCCC(NS(=O)(=O)c1cccc(Br)c1)C(=O)O. The zero-order valence-electron chi connectivity index (χ0n) is 10.9. The second-order valence-electron chi connectivity index (χ2n) is 4.10. The monoisotopic (exact) mass is 365 g/mol. The van der Waals surface area contributed by atoms with E-state index in [0.717, 1.165) is 0 Å². The maximum absolute atomic E-state index is 12.1. The number of carboxylic acids is 1. The molecule has 0 heterocycles. The number of carboxylic acid groups (broad SMARTS) is 1. The van der Waals surface area contributed by atoms with Gasteiger partial charge >= 0.3 is 5.97 Å². The summed E-state index contributed by atoms with van der Waals surface area (Å²) in [6.07, 6.45) is 0.616. The van der Waals surface area contributed by atoms with Gasteiger partial charge in [0.2, 0.25) is 10.0 Å². The van der Waals surface area contributed by atoms with E-state index in [0.29, 0.717) is 17.5 Å². The molecule has 0 aliphatic rings. The highest BCUT2D eigenvalue weighted by Gasteiger charge is 2.25. The van der Waals surface area contributed by atoms with Crippen molar-refractivity contribution in [3.05, 3.63) is 28.7 Å². The molecule has 8 heteroatoms. The number of sulfonamides is 1. The van der Waals surface area contributed by atoms with Crippen molar-refractivity contribution < 1.29 is 23.1 Å². The fourth-order valence-corrected chi connectivity index (χ4v) is 3.37. The van der Waals surface area contributed by atoms with E-state index < -0.39 is 22.0 Å². The van der Waals surface area contributed by atoms with E-state index in [1.54, 1.807) is 12.1 Å². The van der Waals surface area contributed by atoms with E-state index in [-0.39, 0.29) is 11.3 Å². The van der Waals surface area contributed by atoms with Gasteiger partial charge in [-0.2, -0.15) is 4.72 Å². The highest BCUT2D eigenvalue weighted by atomic mass is 79.9. The number of ether oxygens (including phenoxy) is 1. The van der Waals surface area contributed by atoms with E-state index in [4.69, 9.17) is 9.84 Å². The van der Waals surface area contributed by atoms with Gasteiger partial charge in [0.15, 0.2) is 0 Å². The molecule has 1 unspecified atom stereocenters. The summed E-state index contributed by atoms with van der Waals surface area (Å²) >= 11 is 3.18. The first-order valence-corrected chi connectivity index (χ1v) is 8.14. The van der Waals surface area contributed by atoms with Gasteiger partial charge in [0.05, 0.1) is 4.90 Å². The Morgan fingerprint density at radius 3 is 2.75 bits per heavy atom. The Kier molecular flexibility index (Phi) is 6.60. The fraction of sp³-hybridized carbons (Fsp3) is 0.417. The number of halogens is 1. The molecule has 0 aromatic heterocycles. The Hall–Kier alpha value is -0.960. The molecule has 20 heavy (non-hydrogen) atoms. The van der Waals surface area contributed by atoms with Gasteiger partial charge in [0, 0.05) is 18.2 Å². The lowest BCUT2D eigenvalue weighted by Crippen LogP contribution is -2.40. The zero-order chi connectivity index (χ0) is 15.2. The number of hydrogen-bond acceptors (Lipinski definition) is 4. The Morgan fingerprint density at radius 2 is 2.20 bits per heavy atom. The summed E-state index contributed by atoms with van der Waals surface area (Å²) in [7, 11) is -2.36. The Labute approximate surface area is 126 Å². The lowest BCUT2D eigenvalue weighted by atomic mass is 10.2. The summed E-state index contributed by atoms with van der Waals surface area (Å²) < 4.78 is 31.8. The number of hydrogen-bond donors (Lipinski definition) is 2. The van der Waals surface area contributed by atoms with Crippen LogP contribution in [0, 0.1) is 0 Å². The molecule has 0 amide bonds. The maximum atomic E-state index is 12.1. The Morgan fingerprint density at radius 1 is 1.50 bits per heavy atom. The summed E-state index contributed by atoms with van der Waals surface area (Å²) in [6.45, 7) is 0.377. The molecule has 0 aliphatic heterocycles. The molecule has 112 valence electrons. The number of methoxy groups -OCH3 is 1. The zero-order valence-corrected chi connectivity index (χ0v) is 13.3. The highest BCUT2D eigenvalue weighted by Crippen LogP contribution is 2.16. The minimum atomic E-state index is -3.87. The molecule has 0 fully saturated rings. The number of benzene rings is 1. The molecule has 2 N–H and O–H groups in total. The molecule has 6 nitrogen and oxygen atoms in total. The standard InChI is InChI=1S/C12H16BrNO5S/c1-19-7-3-6-11(12(15)16)14-20(17,18)10-5-2-4-9(13)8-10/h2,4-5,8,11,14H,3,6-7H2,1H3,(H,15,16). The third-order valence-electron chi connectivity index (χ3n) is 2.54. The van der Waals surface area contributed by atoms with Crippen LogP contribution < -0.4 is 4.72 Å². The molecule has 1 rings (SSSR count). The van der Waals surface area contributed by atoms with Crippen molar-refractivity contribution in [2.75, 3.05) is 13.7 Å². The normalized spacial score (nSPS) is 13.1. The van der Waals surface area contributed by atoms with E-state index in [1.165, 1.54) is 19.2 Å². The third kappa shape index (κ3) is 5.20. The van der Waals surface area contributed by atoms with Crippen LogP contribution in [0.3, 0.4) is 0 Å². The van der Waals surface area contributed by atoms with Crippen LogP contribution >= 0.6 is 15.9 Å². The van der Waals surface area contributed by atoms with Crippen LogP contribution in [0.4, 0.5) is 0 Å². The fourth-order valence-electron chi connectivity index (χ4n) is 1.55. The molecule has 0 bridgehead atoms. The van der Waals surface area contributed by atoms with Crippen LogP contribution in [0.15, 0.2) is 33.6 Å². The molecule has 0 saturated carbocycles. The van der Waals surface area contributed by atoms with Crippen LogP contribution in [0.25, 0.3) is 0 Å². The number of carbonyl (C=O) groups is 1. The van der Waals surface area contributed by atoms with Crippen LogP contribution in [0.1, 0.15) is 12.8 Å². The van der Waals surface area contributed by atoms with Crippen molar-refractivity contribution in [3.8, 4) is 0 Å². The van der Waals surface area contributed by atoms with E-state index >= 15 is 0 Å². The minimum absolute atomic E-state index is 0.0184. The van der Waals surface area contributed by atoms with Gasteiger partial charge in [-0.15, -0.1) is 0 Å². The van der Waals surface area contributed by atoms with Crippen LogP contribution in [-0.4, -0.2) is 39.3 Å². The molecule has 1 atom stereocenters. The molecular weight excluding hydrogens is 350 g/mol. The minimum Gasteiger partial charge on any atom is -0.480 e. The quantitative estimate of drug-likeness (QED) is 0.682. The van der Waals surface area contributed by atoms with Gasteiger partial charge in [-0.05, 0) is 31.0 Å². The van der Waals surface area contributed by atoms with Gasteiger partial charge < -0.3 is 9.84 Å². The predicted molar refractivity (Wildman–Crippen MR) is 77.0 cm³/mol. The van der Waals surface area contributed by atoms with Crippen LogP contribution in [0.5, 0.6) is 0 Å². The second kappa shape index (κ2) is 7.72. The predicted octanol–water partition coefficient (Wildman–Crippen LogP) is 1.61. The van der Waals surface area contributed by atoms with E-state index in [9.17, 15) is 13.2 Å². The Bertz CT molecular complexity index is 561. The van der Waals surface area contributed by atoms with Gasteiger partial charge in [-0.1, -0.05) is 22.0 Å². The van der Waals surface area contributed by atoms with Crippen molar-refractivity contribution in [2.45, 2.75) is 23.8 Å². The van der Waals surface area contributed by atoms with Gasteiger partial charge in [-0.25, -0.2) is 8.42 Å². The maximum Gasteiger partial charge on any atom is 0.321 e. The van der Waals surface area contributed by atoms with Crippen molar-refractivity contribution in [1.82, 2.24) is 4.72 Å². The topological polar surface area (TPSA) is 92.7 Å². The van der Waals surface area contributed by atoms with Crippen LogP contribution in [0.2, 0.25) is 0 Å². The highest BCUT2D eigenvalue weighted by molar-refractivity contribution is 9.10. The summed E-state index contributed by atoms with van der Waals surface area (Å²) in [5.74, 6) is -1.21. The first kappa shape index (κ1) is 17.1. The Balaban J connectivity index is 2.83. The average molecular weight is 366 g/mol. The van der Waals surface area contributed by atoms with Gasteiger partial charge in [0.25, 0.3) is 0 Å². The lowest BCUT2D eigenvalue weighted by Gasteiger charge is -2.14. The second-order valence-corrected chi connectivity index (χ2v) is 6.73. The third-order valence-corrected chi connectivity index (χ3v) is 4.51. The van der Waals surface area contributed by atoms with E-state index in [2.05, 4.69) is 20.7 Å². The number of nitrogens with one attached hydrogen (secondary N) is 1. The van der Waals surface area contributed by atoms with Crippen molar-refractivity contribution in [3.63, 3.8) is 0 Å². The average Bonchev–Trinajstić information content (AvgIpc) is 2.37. The summed E-state index contributed by atoms with van der Waals surface area (Å²) in [5.41, 5.74) is 0. The molecule has 0 spiro atoms. The molecule has 1 aromatic rings. The summed E-state index contributed by atoms with van der Waals surface area (Å²) in [4.78, 5) is 11.1. The lowest BCUT2D eigenvalue weighted by molar-refractivity contribution is -0.139. The van der Waals surface area contributed by atoms with Gasteiger partial charge in [-0.3, -0.25) is 4.79 Å². The smallest absolute Gasteiger partial charge is 0.321 e. The molecule has 0 aliphatic carbocycles. The van der Waals surface area contributed by atoms with E-state index in [1.807, 2.05) is 0 Å². The largest absolute Gasteiger partial charge is 0.480 e. The molecular formula is C12H16BrNO5S. The van der Waals surface area contributed by atoms with Crippen molar-refractivity contribution in [2.24, 2.45) is 0 Å². The van der Waals surface area contributed by atoms with Crippen molar-refractivity contribution in [1.29, 1.82) is 0 Å². The first-order chi connectivity index (χ1) is 9.36. The van der Waals surface area contributed by atoms with Crippen LogP contribution in [-0.2, 0) is 19.6 Å². The number of aliphatic carboxylic acids is 1. The molecule has 0 radical (unpaired) electrons. The van der Waals surface area contributed by atoms with Crippen molar-refractivity contribution >= 4 is 31.9 Å².